The molecule has 0 aromatic heterocycles. The third-order valence-electron chi connectivity index (χ3n) is 4.01. The van der Waals surface area contributed by atoms with E-state index in [-0.39, 0.29) is 5.92 Å². The summed E-state index contributed by atoms with van der Waals surface area (Å²) in [4.78, 5) is 16.9. The van der Waals surface area contributed by atoms with Gasteiger partial charge in [0.15, 0.2) is 0 Å². The molecule has 0 spiro atoms. The summed E-state index contributed by atoms with van der Waals surface area (Å²) in [5.74, 6) is 0.731. The first-order valence-electron chi connectivity index (χ1n) is 7.92. The standard InChI is InChI=1S/C16H29NO2/c1-19-17-14-10-12-15-11-8-6-4-2-3-5-7-9-13-16(15)18/h14-15H,2-13H2,1H3/b17-14+. The van der Waals surface area contributed by atoms with E-state index in [1.807, 2.05) is 0 Å². The van der Waals surface area contributed by atoms with Crippen molar-refractivity contribution < 1.29 is 9.63 Å². The maximum absolute atomic E-state index is 12.2. The molecule has 0 bridgehead atoms. The van der Waals surface area contributed by atoms with E-state index in [1.165, 1.54) is 44.9 Å². The lowest BCUT2D eigenvalue weighted by Gasteiger charge is -2.15. The highest BCUT2D eigenvalue weighted by atomic mass is 16.6. The first-order valence-corrected chi connectivity index (χ1v) is 7.92. The second-order valence-corrected chi connectivity index (χ2v) is 5.58. The van der Waals surface area contributed by atoms with Crippen LogP contribution in [0.3, 0.4) is 0 Å². The zero-order valence-electron chi connectivity index (χ0n) is 12.4. The van der Waals surface area contributed by atoms with Crippen LogP contribution < -0.4 is 0 Å². The van der Waals surface area contributed by atoms with Crippen molar-refractivity contribution in [2.75, 3.05) is 7.11 Å². The highest BCUT2D eigenvalue weighted by Crippen LogP contribution is 2.21. The van der Waals surface area contributed by atoms with Gasteiger partial charge in [-0.25, -0.2) is 0 Å². The van der Waals surface area contributed by atoms with Crippen molar-refractivity contribution in [1.82, 2.24) is 0 Å². The summed E-state index contributed by atoms with van der Waals surface area (Å²) in [6, 6.07) is 0. The Morgan fingerprint density at radius 1 is 1.11 bits per heavy atom. The van der Waals surface area contributed by atoms with Crippen LogP contribution in [0.5, 0.6) is 0 Å². The zero-order valence-corrected chi connectivity index (χ0v) is 12.4. The molecule has 19 heavy (non-hydrogen) atoms. The Bertz CT molecular complexity index is 263. The molecule has 0 aliphatic heterocycles. The molecule has 1 fully saturated rings. The Balaban J connectivity index is 2.37. The normalized spacial score (nSPS) is 23.8. The number of carbonyl (C=O) groups excluding carboxylic acids is 1. The second-order valence-electron chi connectivity index (χ2n) is 5.58. The SMILES string of the molecule is CO/N=C/CCC1CCCCCCCCCCC1=O. The van der Waals surface area contributed by atoms with Crippen LogP contribution in [0.1, 0.15) is 77.0 Å². The van der Waals surface area contributed by atoms with E-state index in [2.05, 4.69) is 9.99 Å². The molecule has 3 nitrogen and oxygen atoms in total. The number of hydrogen-bond acceptors (Lipinski definition) is 3. The fourth-order valence-electron chi connectivity index (χ4n) is 2.82. The van der Waals surface area contributed by atoms with Gasteiger partial charge in [0.2, 0.25) is 0 Å². The lowest BCUT2D eigenvalue weighted by Crippen LogP contribution is -2.15. The summed E-state index contributed by atoms with van der Waals surface area (Å²) < 4.78 is 0. The highest BCUT2D eigenvalue weighted by molar-refractivity contribution is 5.81. The van der Waals surface area contributed by atoms with Crippen LogP contribution in [-0.2, 0) is 9.63 Å². The summed E-state index contributed by atoms with van der Waals surface area (Å²) in [5, 5.41) is 3.75. The van der Waals surface area contributed by atoms with Crippen LogP contribution in [0, 0.1) is 5.92 Å². The number of hydrogen-bond donors (Lipinski definition) is 0. The van der Waals surface area contributed by atoms with Crippen molar-refractivity contribution in [3.8, 4) is 0 Å². The van der Waals surface area contributed by atoms with E-state index in [0.29, 0.717) is 5.78 Å². The minimum atomic E-state index is 0.253. The van der Waals surface area contributed by atoms with Crippen molar-refractivity contribution in [1.29, 1.82) is 0 Å². The molecule has 0 heterocycles. The molecule has 0 radical (unpaired) electrons. The summed E-state index contributed by atoms with van der Waals surface area (Å²) in [6.07, 6.45) is 15.6. The van der Waals surface area contributed by atoms with Gasteiger partial charge in [-0.2, -0.15) is 0 Å². The molecule has 1 aliphatic carbocycles. The minimum Gasteiger partial charge on any atom is -0.399 e. The van der Waals surface area contributed by atoms with Crippen LogP contribution in [0.4, 0.5) is 0 Å². The van der Waals surface area contributed by atoms with Crippen molar-refractivity contribution in [3.05, 3.63) is 0 Å². The fourth-order valence-corrected chi connectivity index (χ4v) is 2.82. The molecule has 1 saturated carbocycles. The third-order valence-corrected chi connectivity index (χ3v) is 4.01. The monoisotopic (exact) mass is 267 g/mol. The Morgan fingerprint density at radius 2 is 1.74 bits per heavy atom. The second kappa shape index (κ2) is 11.0. The summed E-state index contributed by atoms with van der Waals surface area (Å²) in [7, 11) is 1.55. The number of oxime groups is 1. The van der Waals surface area contributed by atoms with Gasteiger partial charge in [-0.3, -0.25) is 4.79 Å². The molecule has 0 saturated heterocycles. The van der Waals surface area contributed by atoms with E-state index in [1.54, 1.807) is 13.3 Å². The molecular formula is C16H29NO2. The van der Waals surface area contributed by atoms with Gasteiger partial charge in [0, 0.05) is 18.6 Å². The zero-order chi connectivity index (χ0) is 13.8. The maximum atomic E-state index is 12.2. The van der Waals surface area contributed by atoms with Gasteiger partial charge < -0.3 is 4.84 Å². The van der Waals surface area contributed by atoms with Crippen LogP contribution in [-0.4, -0.2) is 19.1 Å². The summed E-state index contributed by atoms with van der Waals surface area (Å²) >= 11 is 0. The number of ketones is 1. The highest BCUT2D eigenvalue weighted by Gasteiger charge is 2.17. The van der Waals surface area contributed by atoms with Gasteiger partial charge in [-0.15, -0.1) is 0 Å². The third kappa shape index (κ3) is 8.02. The lowest BCUT2D eigenvalue weighted by atomic mass is 9.88. The average molecular weight is 267 g/mol. The first-order chi connectivity index (χ1) is 9.34. The van der Waals surface area contributed by atoms with Gasteiger partial charge in [-0.1, -0.05) is 50.1 Å². The Morgan fingerprint density at radius 3 is 2.42 bits per heavy atom. The molecule has 1 atom stereocenters. The molecule has 3 heteroatoms. The van der Waals surface area contributed by atoms with E-state index in [4.69, 9.17) is 0 Å². The number of nitrogens with zero attached hydrogens (tertiary/aromatic N) is 1. The van der Waals surface area contributed by atoms with Crippen LogP contribution in [0.25, 0.3) is 0 Å². The molecule has 1 aliphatic rings. The van der Waals surface area contributed by atoms with Crippen molar-refractivity contribution in [2.24, 2.45) is 11.1 Å². The average Bonchev–Trinajstić information content (AvgIpc) is 2.41. The fraction of sp³-hybridized carbons (Fsp3) is 0.875. The van der Waals surface area contributed by atoms with Gasteiger partial charge in [0.1, 0.15) is 12.9 Å². The van der Waals surface area contributed by atoms with Crippen LogP contribution in [0.2, 0.25) is 0 Å². The minimum absolute atomic E-state index is 0.253. The van der Waals surface area contributed by atoms with Gasteiger partial charge in [0.05, 0.1) is 0 Å². The Hall–Kier alpha value is -0.860. The Labute approximate surface area is 117 Å². The molecule has 0 aromatic carbocycles. The quantitative estimate of drug-likeness (QED) is 0.555. The molecular weight excluding hydrogens is 238 g/mol. The molecule has 0 amide bonds. The Kier molecular flexibility index (Phi) is 9.38. The predicted molar refractivity (Wildman–Crippen MR) is 79.4 cm³/mol. The van der Waals surface area contributed by atoms with Crippen molar-refractivity contribution in [3.63, 3.8) is 0 Å². The number of rotatable bonds is 4. The number of carbonyl (C=O) groups is 1. The van der Waals surface area contributed by atoms with Crippen LogP contribution >= 0.6 is 0 Å². The largest absolute Gasteiger partial charge is 0.399 e. The molecule has 0 aromatic rings. The predicted octanol–water partition coefficient (Wildman–Crippen LogP) is 4.50. The van der Waals surface area contributed by atoms with Crippen molar-refractivity contribution in [2.45, 2.75) is 77.0 Å². The molecule has 1 rings (SSSR count). The lowest BCUT2D eigenvalue weighted by molar-refractivity contribution is -0.123. The summed E-state index contributed by atoms with van der Waals surface area (Å²) in [5.41, 5.74) is 0. The van der Waals surface area contributed by atoms with E-state index in [0.717, 1.165) is 32.1 Å². The van der Waals surface area contributed by atoms with Crippen LogP contribution in [0.15, 0.2) is 5.16 Å². The number of Topliss-reactive ketones (excluding diaryl/α,β-unsaturated/α-hetero) is 1. The smallest absolute Gasteiger partial charge is 0.135 e. The van der Waals surface area contributed by atoms with Gasteiger partial charge in [-0.05, 0) is 25.7 Å². The van der Waals surface area contributed by atoms with E-state index < -0.39 is 0 Å². The maximum Gasteiger partial charge on any atom is 0.135 e. The van der Waals surface area contributed by atoms with Gasteiger partial charge >= 0.3 is 0 Å². The first kappa shape index (κ1) is 16.2. The molecule has 110 valence electrons. The summed E-state index contributed by atoms with van der Waals surface area (Å²) in [6.45, 7) is 0. The molecule has 1 unspecified atom stereocenters. The van der Waals surface area contributed by atoms with Crippen molar-refractivity contribution >= 4 is 12.0 Å². The topological polar surface area (TPSA) is 38.7 Å². The van der Waals surface area contributed by atoms with Gasteiger partial charge in [0.25, 0.3) is 0 Å². The van der Waals surface area contributed by atoms with E-state index >= 15 is 0 Å². The van der Waals surface area contributed by atoms with E-state index in [9.17, 15) is 4.79 Å². The molecule has 0 N–H and O–H groups in total.